The summed E-state index contributed by atoms with van der Waals surface area (Å²) in [5.41, 5.74) is 1.43. The van der Waals surface area contributed by atoms with Gasteiger partial charge in [0.2, 0.25) is 5.91 Å². The molecule has 2 aliphatic rings. The van der Waals surface area contributed by atoms with E-state index in [4.69, 9.17) is 0 Å². The lowest BCUT2D eigenvalue weighted by atomic mass is 9.88. The molecule has 3 rings (SSSR count). The summed E-state index contributed by atoms with van der Waals surface area (Å²) in [4.78, 5) is 14.6. The first-order valence-electron chi connectivity index (χ1n) is 7.41. The first-order valence-corrected chi connectivity index (χ1v) is 7.41. The molecule has 0 aliphatic carbocycles. The molecule has 1 aromatic rings. The third-order valence-corrected chi connectivity index (χ3v) is 4.37. The monoisotopic (exact) mass is 274 g/mol. The maximum atomic E-state index is 12.8. The highest BCUT2D eigenvalue weighted by molar-refractivity contribution is 5.86. The molecule has 0 saturated carbocycles. The largest absolute Gasteiger partial charge is 0.388 e. The maximum absolute atomic E-state index is 12.8. The van der Waals surface area contributed by atoms with E-state index in [1.165, 1.54) is 0 Å². The average Bonchev–Trinajstić information content (AvgIpc) is 2.45. The first kappa shape index (κ1) is 13.4. The Labute approximate surface area is 119 Å². The second kappa shape index (κ2) is 5.09. The summed E-state index contributed by atoms with van der Waals surface area (Å²) in [5, 5.41) is 13.5. The fraction of sp³-hybridized carbons (Fsp3) is 0.562. The molecule has 2 atom stereocenters. The normalized spacial score (nSPS) is 29.5. The third kappa shape index (κ3) is 2.52. The predicted molar refractivity (Wildman–Crippen MR) is 78.7 cm³/mol. The number of carbonyl (C=O) groups is 1. The molecule has 0 spiro atoms. The summed E-state index contributed by atoms with van der Waals surface area (Å²) >= 11 is 0. The van der Waals surface area contributed by atoms with Crippen molar-refractivity contribution in [1.82, 2.24) is 4.90 Å². The molecule has 2 unspecified atom stereocenters. The molecule has 2 aliphatic heterocycles. The number of aliphatic hydroxyl groups is 1. The summed E-state index contributed by atoms with van der Waals surface area (Å²) in [7, 11) is 0. The fourth-order valence-electron chi connectivity index (χ4n) is 3.35. The third-order valence-electron chi connectivity index (χ3n) is 4.37. The van der Waals surface area contributed by atoms with Crippen LogP contribution in [0.3, 0.4) is 0 Å². The molecule has 2 heterocycles. The molecule has 0 aromatic heterocycles. The van der Waals surface area contributed by atoms with E-state index < -0.39 is 5.60 Å². The molecule has 4 heteroatoms. The number of para-hydroxylation sites is 1. The smallest absolute Gasteiger partial charge is 0.230 e. The molecule has 20 heavy (non-hydrogen) atoms. The van der Waals surface area contributed by atoms with Crippen molar-refractivity contribution in [3.63, 3.8) is 0 Å². The number of rotatable bonds is 1. The number of amides is 1. The second-order valence-electron chi connectivity index (χ2n) is 6.22. The van der Waals surface area contributed by atoms with Crippen molar-refractivity contribution in [3.8, 4) is 0 Å². The van der Waals surface area contributed by atoms with Gasteiger partial charge in [-0.2, -0.15) is 0 Å². The number of fused-ring (bicyclic) bond motifs is 1. The maximum Gasteiger partial charge on any atom is 0.230 e. The Bertz CT molecular complexity index is 513. The SMILES string of the molecule is CC1(O)CCCN(C(=O)C2CCNc3ccccc32)C1. The molecular weight excluding hydrogens is 252 g/mol. The van der Waals surface area contributed by atoms with Crippen molar-refractivity contribution in [2.75, 3.05) is 25.0 Å². The number of likely N-dealkylation sites (tertiary alicyclic amines) is 1. The molecule has 1 saturated heterocycles. The number of β-amino-alcohol motifs (C(OH)–C–C–N with tert-alkyl or cyclic N) is 1. The highest BCUT2D eigenvalue weighted by Gasteiger charge is 2.35. The molecule has 108 valence electrons. The van der Waals surface area contributed by atoms with Gasteiger partial charge < -0.3 is 15.3 Å². The zero-order chi connectivity index (χ0) is 14.2. The van der Waals surface area contributed by atoms with Crippen LogP contribution < -0.4 is 5.32 Å². The van der Waals surface area contributed by atoms with Crippen molar-refractivity contribution >= 4 is 11.6 Å². The van der Waals surface area contributed by atoms with Gasteiger partial charge in [0, 0.05) is 25.3 Å². The van der Waals surface area contributed by atoms with Crippen molar-refractivity contribution in [3.05, 3.63) is 29.8 Å². The topological polar surface area (TPSA) is 52.6 Å². The van der Waals surface area contributed by atoms with Crippen molar-refractivity contribution in [2.45, 2.75) is 37.7 Å². The minimum absolute atomic E-state index is 0.0682. The van der Waals surface area contributed by atoms with Crippen LogP contribution in [0.15, 0.2) is 24.3 Å². The number of hydrogen-bond acceptors (Lipinski definition) is 3. The van der Waals surface area contributed by atoms with Gasteiger partial charge in [0.1, 0.15) is 0 Å². The van der Waals surface area contributed by atoms with Gasteiger partial charge in [-0.3, -0.25) is 4.79 Å². The van der Waals surface area contributed by atoms with E-state index in [9.17, 15) is 9.90 Å². The van der Waals surface area contributed by atoms with Gasteiger partial charge in [0.25, 0.3) is 0 Å². The van der Waals surface area contributed by atoms with Gasteiger partial charge in [-0.15, -0.1) is 0 Å². The Morgan fingerprint density at radius 1 is 1.45 bits per heavy atom. The summed E-state index contributed by atoms with van der Waals surface area (Å²) in [6, 6.07) is 8.04. The van der Waals surface area contributed by atoms with Crippen LogP contribution >= 0.6 is 0 Å². The predicted octanol–water partition coefficient (Wildman–Crippen LogP) is 1.96. The number of carbonyl (C=O) groups excluding carboxylic acids is 1. The Hall–Kier alpha value is -1.55. The quantitative estimate of drug-likeness (QED) is 0.823. The zero-order valence-corrected chi connectivity index (χ0v) is 11.9. The average molecular weight is 274 g/mol. The van der Waals surface area contributed by atoms with Gasteiger partial charge in [0.05, 0.1) is 11.5 Å². The van der Waals surface area contributed by atoms with E-state index in [0.717, 1.165) is 43.6 Å². The van der Waals surface area contributed by atoms with Crippen LogP contribution in [0, 0.1) is 0 Å². The van der Waals surface area contributed by atoms with Gasteiger partial charge in [-0.25, -0.2) is 0 Å². The van der Waals surface area contributed by atoms with Crippen LogP contribution in [-0.4, -0.2) is 41.1 Å². The molecular formula is C16H22N2O2. The van der Waals surface area contributed by atoms with E-state index in [1.807, 2.05) is 36.1 Å². The van der Waals surface area contributed by atoms with Crippen molar-refractivity contribution in [1.29, 1.82) is 0 Å². The van der Waals surface area contributed by atoms with E-state index in [-0.39, 0.29) is 11.8 Å². The minimum atomic E-state index is -0.736. The van der Waals surface area contributed by atoms with E-state index >= 15 is 0 Å². The van der Waals surface area contributed by atoms with Crippen molar-refractivity contribution < 1.29 is 9.90 Å². The molecule has 1 aromatic carbocycles. The number of anilines is 1. The fourth-order valence-corrected chi connectivity index (χ4v) is 3.35. The number of piperidine rings is 1. The van der Waals surface area contributed by atoms with Crippen LogP contribution in [0.4, 0.5) is 5.69 Å². The van der Waals surface area contributed by atoms with Crippen LogP contribution in [0.1, 0.15) is 37.7 Å². The zero-order valence-electron chi connectivity index (χ0n) is 11.9. The molecule has 2 N–H and O–H groups in total. The van der Waals surface area contributed by atoms with Crippen molar-refractivity contribution in [2.24, 2.45) is 0 Å². The molecule has 4 nitrogen and oxygen atoms in total. The Balaban J connectivity index is 1.81. The second-order valence-corrected chi connectivity index (χ2v) is 6.22. The Morgan fingerprint density at radius 3 is 3.05 bits per heavy atom. The molecule has 1 amide bonds. The summed E-state index contributed by atoms with van der Waals surface area (Å²) in [6.07, 6.45) is 2.49. The van der Waals surface area contributed by atoms with Gasteiger partial charge in [0.15, 0.2) is 0 Å². The standard InChI is InChI=1S/C16H22N2O2/c1-16(20)8-4-10-18(11-16)15(19)13-7-9-17-14-6-3-2-5-12(13)14/h2-3,5-6,13,17,20H,4,7-11H2,1H3. The Morgan fingerprint density at radius 2 is 2.25 bits per heavy atom. The lowest BCUT2D eigenvalue weighted by Crippen LogP contribution is -2.50. The summed E-state index contributed by atoms with van der Waals surface area (Å²) < 4.78 is 0. The lowest BCUT2D eigenvalue weighted by Gasteiger charge is -2.39. The van der Waals surface area contributed by atoms with Gasteiger partial charge >= 0.3 is 0 Å². The van der Waals surface area contributed by atoms with E-state index in [1.54, 1.807) is 0 Å². The number of benzene rings is 1. The first-order chi connectivity index (χ1) is 9.57. The van der Waals surface area contributed by atoms with Crippen LogP contribution in [0.5, 0.6) is 0 Å². The Kier molecular flexibility index (Phi) is 3.42. The van der Waals surface area contributed by atoms with E-state index in [2.05, 4.69) is 5.32 Å². The minimum Gasteiger partial charge on any atom is -0.388 e. The van der Waals surface area contributed by atoms with Gasteiger partial charge in [-0.1, -0.05) is 18.2 Å². The van der Waals surface area contributed by atoms with E-state index in [0.29, 0.717) is 6.54 Å². The lowest BCUT2D eigenvalue weighted by molar-refractivity contribution is -0.139. The highest BCUT2D eigenvalue weighted by atomic mass is 16.3. The summed E-state index contributed by atoms with van der Waals surface area (Å²) in [6.45, 7) is 3.87. The molecule has 0 radical (unpaired) electrons. The van der Waals surface area contributed by atoms with Crippen LogP contribution in [-0.2, 0) is 4.79 Å². The van der Waals surface area contributed by atoms with Gasteiger partial charge in [-0.05, 0) is 37.8 Å². The molecule has 1 fully saturated rings. The number of nitrogens with one attached hydrogen (secondary N) is 1. The van der Waals surface area contributed by atoms with Crippen LogP contribution in [0.2, 0.25) is 0 Å². The number of nitrogens with zero attached hydrogens (tertiary/aromatic N) is 1. The highest BCUT2D eigenvalue weighted by Crippen LogP contribution is 2.34. The number of hydrogen-bond donors (Lipinski definition) is 2. The summed E-state index contributed by atoms with van der Waals surface area (Å²) in [5.74, 6) is 0.0975. The molecule has 0 bridgehead atoms. The van der Waals surface area contributed by atoms with Crippen LogP contribution in [0.25, 0.3) is 0 Å².